The van der Waals surface area contributed by atoms with E-state index in [1.54, 1.807) is 12.7 Å². The molecule has 0 unspecified atom stereocenters. The maximum atomic E-state index is 6.77. The first kappa shape index (κ1) is 26.8. The van der Waals surface area contributed by atoms with E-state index in [0.29, 0.717) is 11.8 Å². The molecule has 0 saturated heterocycles. The Bertz CT molecular complexity index is 1590. The van der Waals surface area contributed by atoms with Crippen molar-refractivity contribution in [2.45, 2.75) is 83.7 Å². The van der Waals surface area contributed by atoms with E-state index in [4.69, 9.17) is 14.5 Å². The average Bonchev–Trinajstić information content (AvgIpc) is 3.51. The second-order valence-corrected chi connectivity index (χ2v) is 13.2. The summed E-state index contributed by atoms with van der Waals surface area (Å²) in [6, 6.07) is 20.2. The fraction of sp³-hybridized carbons (Fsp3) is 0.486. The van der Waals surface area contributed by atoms with Gasteiger partial charge >= 0.3 is 0 Å². The summed E-state index contributed by atoms with van der Waals surface area (Å²) in [5, 5.41) is 0. The molecule has 4 heteroatoms. The molecular weight excluding hydrogens is 504 g/mol. The molecule has 0 spiro atoms. The summed E-state index contributed by atoms with van der Waals surface area (Å²) in [5.74, 6) is 3.04. The highest BCUT2D eigenvalue weighted by molar-refractivity contribution is 5.67. The Hall–Kier alpha value is -3.11. The van der Waals surface area contributed by atoms with Gasteiger partial charge in [0.2, 0.25) is 0 Å². The number of ether oxygens (including phenoxy) is 2. The number of pyridine rings is 1. The van der Waals surface area contributed by atoms with Crippen LogP contribution in [0.1, 0.15) is 79.8 Å². The minimum absolute atomic E-state index is 0.129. The Balaban J connectivity index is 1.27. The molecule has 3 aliphatic carbocycles. The second kappa shape index (κ2) is 10.0. The summed E-state index contributed by atoms with van der Waals surface area (Å²) in [5.41, 5.74) is 10.2. The number of hydrogen-bond donors (Lipinski definition) is 0. The minimum atomic E-state index is -0.208. The Morgan fingerprint density at radius 1 is 0.976 bits per heavy atom. The highest BCUT2D eigenvalue weighted by Gasteiger charge is 2.62. The quantitative estimate of drug-likeness (QED) is 0.243. The first-order valence-corrected chi connectivity index (χ1v) is 15.7. The van der Waals surface area contributed by atoms with E-state index in [2.05, 4.69) is 86.0 Å². The van der Waals surface area contributed by atoms with E-state index in [-0.39, 0.29) is 11.0 Å². The van der Waals surface area contributed by atoms with Gasteiger partial charge in [-0.2, -0.15) is 0 Å². The summed E-state index contributed by atoms with van der Waals surface area (Å²) in [7, 11) is 3.76. The van der Waals surface area contributed by atoms with Gasteiger partial charge < -0.3 is 13.9 Å². The molecule has 5 atom stereocenters. The molecule has 0 aliphatic heterocycles. The van der Waals surface area contributed by atoms with E-state index in [0.717, 1.165) is 48.7 Å². The molecule has 4 aromatic rings. The SMILES string of the molecule is CCc1ccc(-c2nc3ccc(C)cn3c2C[C@]2(OC)CC[C@H]3[C@@H]4CCc5cc(OC)ccc5[C@H]4CC[C@@]32C)cc1. The van der Waals surface area contributed by atoms with Crippen LogP contribution in [-0.4, -0.2) is 29.2 Å². The molecular formula is C37H44N2O2. The van der Waals surface area contributed by atoms with Gasteiger partial charge in [-0.25, -0.2) is 4.98 Å². The van der Waals surface area contributed by atoms with Crippen molar-refractivity contribution < 1.29 is 9.47 Å². The van der Waals surface area contributed by atoms with E-state index in [9.17, 15) is 0 Å². The van der Waals surface area contributed by atoms with Crippen LogP contribution in [0.2, 0.25) is 0 Å². The van der Waals surface area contributed by atoms with Crippen molar-refractivity contribution in [2.75, 3.05) is 14.2 Å². The molecule has 0 amide bonds. The number of fused-ring (bicyclic) bond motifs is 6. The lowest BCUT2D eigenvalue weighted by Gasteiger charge is -2.54. The van der Waals surface area contributed by atoms with Gasteiger partial charge in [-0.05, 0) is 110 Å². The molecule has 7 rings (SSSR count). The largest absolute Gasteiger partial charge is 0.497 e. The van der Waals surface area contributed by atoms with Crippen LogP contribution < -0.4 is 4.74 Å². The van der Waals surface area contributed by atoms with Gasteiger partial charge in [-0.3, -0.25) is 0 Å². The smallest absolute Gasteiger partial charge is 0.137 e. The van der Waals surface area contributed by atoms with Crippen molar-refractivity contribution in [3.05, 3.63) is 88.7 Å². The van der Waals surface area contributed by atoms with Crippen molar-refractivity contribution in [1.29, 1.82) is 0 Å². The normalized spacial score (nSPS) is 28.8. The number of nitrogens with zero attached hydrogens (tertiary/aromatic N) is 2. The monoisotopic (exact) mass is 548 g/mol. The highest BCUT2D eigenvalue weighted by atomic mass is 16.5. The van der Waals surface area contributed by atoms with E-state index < -0.39 is 0 Å². The fourth-order valence-electron chi connectivity index (χ4n) is 9.24. The zero-order valence-corrected chi connectivity index (χ0v) is 25.4. The Morgan fingerprint density at radius 3 is 2.56 bits per heavy atom. The Morgan fingerprint density at radius 2 is 1.80 bits per heavy atom. The molecule has 2 heterocycles. The molecule has 41 heavy (non-hydrogen) atoms. The number of hydrogen-bond acceptors (Lipinski definition) is 3. The van der Waals surface area contributed by atoms with Crippen LogP contribution in [0.5, 0.6) is 5.75 Å². The molecule has 2 saturated carbocycles. The van der Waals surface area contributed by atoms with Crippen LogP contribution in [-0.2, 0) is 24.0 Å². The van der Waals surface area contributed by atoms with Crippen LogP contribution in [0.15, 0.2) is 60.8 Å². The third-order valence-electron chi connectivity index (χ3n) is 11.6. The number of aryl methyl sites for hydroxylation is 3. The molecule has 2 aromatic heterocycles. The number of rotatable bonds is 6. The predicted molar refractivity (Wildman–Crippen MR) is 166 cm³/mol. The fourth-order valence-corrected chi connectivity index (χ4v) is 9.24. The predicted octanol–water partition coefficient (Wildman–Crippen LogP) is 8.36. The Kier molecular flexibility index (Phi) is 6.54. The Labute approximate surface area is 245 Å². The van der Waals surface area contributed by atoms with Gasteiger partial charge in [0.15, 0.2) is 0 Å². The summed E-state index contributed by atoms with van der Waals surface area (Å²) in [6.07, 6.45) is 11.4. The molecule has 2 fully saturated rings. The zero-order chi connectivity index (χ0) is 28.4. The third-order valence-corrected chi connectivity index (χ3v) is 11.6. The van der Waals surface area contributed by atoms with Crippen molar-refractivity contribution in [3.63, 3.8) is 0 Å². The van der Waals surface area contributed by atoms with Gasteiger partial charge in [0, 0.05) is 30.7 Å². The van der Waals surface area contributed by atoms with Crippen molar-refractivity contribution in [3.8, 4) is 17.0 Å². The molecule has 214 valence electrons. The van der Waals surface area contributed by atoms with Crippen LogP contribution in [0.3, 0.4) is 0 Å². The van der Waals surface area contributed by atoms with Crippen LogP contribution in [0.4, 0.5) is 0 Å². The third kappa shape index (κ3) is 4.08. The first-order valence-electron chi connectivity index (χ1n) is 15.7. The number of benzene rings is 2. The summed E-state index contributed by atoms with van der Waals surface area (Å²) >= 11 is 0. The van der Waals surface area contributed by atoms with Gasteiger partial charge in [-0.1, -0.05) is 50.2 Å². The van der Waals surface area contributed by atoms with E-state index >= 15 is 0 Å². The van der Waals surface area contributed by atoms with Crippen molar-refractivity contribution in [2.24, 2.45) is 17.3 Å². The lowest BCUT2D eigenvalue weighted by atomic mass is 9.52. The lowest BCUT2D eigenvalue weighted by Crippen LogP contribution is -2.53. The number of imidazole rings is 1. The van der Waals surface area contributed by atoms with E-state index in [1.165, 1.54) is 53.6 Å². The molecule has 0 N–H and O–H groups in total. The summed E-state index contributed by atoms with van der Waals surface area (Å²) in [6.45, 7) is 6.96. The molecule has 4 nitrogen and oxygen atoms in total. The standard InChI is InChI=1S/C37H44N2O2/c1-6-25-8-10-26(11-9-25)35-33(39-23-24(2)7-16-34(39)38-35)22-37(41-5)20-18-32-31-14-12-27-21-28(40-4)13-15-29(27)30(31)17-19-36(32,37)3/h7-11,13,15-16,21,23,30-32H,6,12,14,17-20,22H2,1-5H3/t30-,31-,32+,36+,37-/m1/s1. The van der Waals surface area contributed by atoms with Gasteiger partial charge in [0.25, 0.3) is 0 Å². The van der Waals surface area contributed by atoms with Crippen LogP contribution in [0.25, 0.3) is 16.9 Å². The molecule has 0 radical (unpaired) electrons. The van der Waals surface area contributed by atoms with Gasteiger partial charge in [0.05, 0.1) is 24.1 Å². The second-order valence-electron chi connectivity index (χ2n) is 13.2. The van der Waals surface area contributed by atoms with Crippen LogP contribution >= 0.6 is 0 Å². The van der Waals surface area contributed by atoms with Crippen molar-refractivity contribution >= 4 is 5.65 Å². The minimum Gasteiger partial charge on any atom is -0.497 e. The van der Waals surface area contributed by atoms with Gasteiger partial charge in [0.1, 0.15) is 11.4 Å². The van der Waals surface area contributed by atoms with E-state index in [1.807, 2.05) is 7.11 Å². The van der Waals surface area contributed by atoms with Crippen LogP contribution in [0, 0.1) is 24.2 Å². The average molecular weight is 549 g/mol. The molecule has 2 aromatic carbocycles. The van der Waals surface area contributed by atoms with Crippen molar-refractivity contribution in [1.82, 2.24) is 9.38 Å². The number of aromatic nitrogens is 2. The maximum absolute atomic E-state index is 6.77. The van der Waals surface area contributed by atoms with Gasteiger partial charge in [-0.15, -0.1) is 0 Å². The zero-order valence-electron chi connectivity index (χ0n) is 25.4. The topological polar surface area (TPSA) is 35.8 Å². The maximum Gasteiger partial charge on any atom is 0.137 e. The lowest BCUT2D eigenvalue weighted by molar-refractivity contribution is -0.126. The number of methoxy groups -OCH3 is 2. The highest BCUT2D eigenvalue weighted by Crippen LogP contribution is 2.66. The summed E-state index contributed by atoms with van der Waals surface area (Å²) in [4.78, 5) is 5.22. The molecule has 3 aliphatic rings. The molecule has 0 bridgehead atoms. The first-order chi connectivity index (χ1) is 19.9. The summed E-state index contributed by atoms with van der Waals surface area (Å²) < 4.78 is 14.7.